The fraction of sp³-hybridized carbons (Fsp3) is 0.500. The van der Waals surface area contributed by atoms with Crippen molar-refractivity contribution < 1.29 is 24.9 Å². The minimum absolute atomic E-state index is 0.500. The van der Waals surface area contributed by atoms with E-state index in [1.165, 1.54) is 6.20 Å². The lowest BCUT2D eigenvalue weighted by Crippen LogP contribution is -2.38. The van der Waals surface area contributed by atoms with Gasteiger partial charge in [-0.25, -0.2) is 4.98 Å². The molecule has 2 rings (SSSR count). The molecule has 0 spiro atoms. The zero-order valence-electron chi connectivity index (χ0n) is 9.71. The van der Waals surface area contributed by atoms with E-state index in [1.807, 2.05) is 0 Å². The van der Waals surface area contributed by atoms with E-state index in [0.717, 1.165) is 10.8 Å². The number of nitrogens with zero attached hydrogens (tertiary/aromatic N) is 2. The van der Waals surface area contributed by atoms with Gasteiger partial charge in [0.15, 0.2) is 11.9 Å². The Kier molecular flexibility index (Phi) is 3.62. The van der Waals surface area contributed by atoms with Crippen LogP contribution in [-0.2, 0) is 4.74 Å². The molecule has 19 heavy (non-hydrogen) atoms. The third-order valence-corrected chi connectivity index (χ3v) is 2.89. The second-order valence-corrected chi connectivity index (χ2v) is 4.08. The summed E-state index contributed by atoms with van der Waals surface area (Å²) in [5.41, 5.74) is 3.65. The molecule has 1 aliphatic heterocycles. The van der Waals surface area contributed by atoms with Crippen LogP contribution in [0, 0.1) is 0 Å². The van der Waals surface area contributed by atoms with Crippen LogP contribution in [0.1, 0.15) is 16.7 Å². The molecule has 0 aliphatic carbocycles. The van der Waals surface area contributed by atoms with E-state index in [1.54, 1.807) is 0 Å². The van der Waals surface area contributed by atoms with Gasteiger partial charge in [-0.2, -0.15) is 0 Å². The maximum atomic E-state index is 11.9. The fourth-order valence-electron chi connectivity index (χ4n) is 1.90. The Morgan fingerprint density at radius 2 is 2.16 bits per heavy atom. The van der Waals surface area contributed by atoms with Gasteiger partial charge in [0.25, 0.3) is 11.5 Å². The van der Waals surface area contributed by atoms with Crippen LogP contribution in [0.2, 0.25) is 0 Å². The van der Waals surface area contributed by atoms with E-state index < -0.39 is 48.3 Å². The molecule has 2 unspecified atom stereocenters. The molecule has 2 heterocycles. The van der Waals surface area contributed by atoms with Crippen molar-refractivity contribution in [3.8, 4) is 0 Å². The summed E-state index contributed by atoms with van der Waals surface area (Å²) in [7, 11) is 0. The summed E-state index contributed by atoms with van der Waals surface area (Å²) in [6.45, 7) is -0.517. The average Bonchev–Trinajstić information content (AvgIpc) is 2.66. The van der Waals surface area contributed by atoms with Crippen molar-refractivity contribution in [1.82, 2.24) is 9.55 Å². The van der Waals surface area contributed by atoms with Gasteiger partial charge in [0.1, 0.15) is 18.3 Å². The Hall–Kier alpha value is -1.81. The number of carbonyl (C=O) groups is 1. The Morgan fingerprint density at radius 3 is 2.68 bits per heavy atom. The number of ether oxygens (including phenoxy) is 1. The minimum atomic E-state index is -1.42. The predicted octanol–water partition coefficient (Wildman–Crippen LogP) is -3.05. The largest absolute Gasteiger partial charge is 0.394 e. The first kappa shape index (κ1) is 13.6. The summed E-state index contributed by atoms with van der Waals surface area (Å²) < 4.78 is 6.07. The summed E-state index contributed by atoms with van der Waals surface area (Å²) in [6, 6.07) is 0. The molecule has 0 aromatic carbocycles. The van der Waals surface area contributed by atoms with Crippen molar-refractivity contribution in [2.24, 2.45) is 5.73 Å². The Morgan fingerprint density at radius 1 is 1.47 bits per heavy atom. The molecule has 1 aromatic rings. The first-order valence-corrected chi connectivity index (χ1v) is 5.46. The SMILES string of the molecule is NC(=O)c1nccn([C@H]2O[C@H](CO)C(O)C2O)c1=O. The lowest BCUT2D eigenvalue weighted by Gasteiger charge is -2.17. The molecule has 9 heteroatoms. The number of aliphatic hydroxyl groups excluding tert-OH is 3. The number of rotatable bonds is 3. The highest BCUT2D eigenvalue weighted by Crippen LogP contribution is 2.27. The number of hydrogen-bond acceptors (Lipinski definition) is 7. The quantitative estimate of drug-likeness (QED) is 0.456. The number of amides is 1. The molecule has 5 N–H and O–H groups in total. The Balaban J connectivity index is 2.41. The van der Waals surface area contributed by atoms with Crippen LogP contribution >= 0.6 is 0 Å². The van der Waals surface area contributed by atoms with Gasteiger partial charge in [0, 0.05) is 12.4 Å². The first-order valence-electron chi connectivity index (χ1n) is 5.46. The maximum absolute atomic E-state index is 11.9. The molecule has 0 saturated carbocycles. The van der Waals surface area contributed by atoms with Crippen molar-refractivity contribution in [1.29, 1.82) is 0 Å². The van der Waals surface area contributed by atoms with Gasteiger partial charge >= 0.3 is 0 Å². The van der Waals surface area contributed by atoms with E-state index in [4.69, 9.17) is 15.6 Å². The molecule has 1 saturated heterocycles. The number of hydrogen-bond donors (Lipinski definition) is 4. The highest BCUT2D eigenvalue weighted by molar-refractivity contribution is 5.90. The highest BCUT2D eigenvalue weighted by Gasteiger charge is 2.43. The minimum Gasteiger partial charge on any atom is -0.394 e. The molecule has 4 atom stereocenters. The van der Waals surface area contributed by atoms with Crippen molar-refractivity contribution in [2.75, 3.05) is 6.61 Å². The molecule has 1 fully saturated rings. The van der Waals surface area contributed by atoms with Crippen molar-refractivity contribution in [3.05, 3.63) is 28.4 Å². The van der Waals surface area contributed by atoms with Crippen LogP contribution in [0.15, 0.2) is 17.2 Å². The summed E-state index contributed by atoms with van der Waals surface area (Å²) in [5.74, 6) is -1.01. The normalized spacial score (nSPS) is 30.5. The predicted molar refractivity (Wildman–Crippen MR) is 60.0 cm³/mol. The fourth-order valence-corrected chi connectivity index (χ4v) is 1.90. The van der Waals surface area contributed by atoms with E-state index in [0.29, 0.717) is 0 Å². The lowest BCUT2D eigenvalue weighted by atomic mass is 10.1. The Labute approximate surface area is 106 Å². The van der Waals surface area contributed by atoms with Crippen molar-refractivity contribution in [2.45, 2.75) is 24.5 Å². The lowest BCUT2D eigenvalue weighted by molar-refractivity contribution is -0.0545. The zero-order chi connectivity index (χ0) is 14.2. The third-order valence-electron chi connectivity index (χ3n) is 2.89. The highest BCUT2D eigenvalue weighted by atomic mass is 16.6. The number of aromatic nitrogens is 2. The molecular formula is C10H13N3O6. The first-order chi connectivity index (χ1) is 8.97. The standard InChI is InChI=1S/C10H13N3O6/c11-8(17)5-9(18)13(2-1-12-5)10-7(16)6(15)4(3-14)19-10/h1-2,4,6-7,10,14-16H,3H2,(H2,11,17)/t4-,6?,7?,10+/m1/s1. The van der Waals surface area contributed by atoms with Gasteiger partial charge in [0.05, 0.1) is 6.61 Å². The molecule has 1 aromatic heterocycles. The monoisotopic (exact) mass is 271 g/mol. The van der Waals surface area contributed by atoms with Crippen LogP contribution in [0.25, 0.3) is 0 Å². The number of aliphatic hydroxyl groups is 3. The summed E-state index contributed by atoms with van der Waals surface area (Å²) in [6.07, 6.45) is -2.66. The summed E-state index contributed by atoms with van der Waals surface area (Å²) in [4.78, 5) is 26.5. The smallest absolute Gasteiger partial charge is 0.284 e. The molecular weight excluding hydrogens is 258 g/mol. The molecule has 9 nitrogen and oxygen atoms in total. The van der Waals surface area contributed by atoms with Crippen LogP contribution in [-0.4, -0.2) is 55.7 Å². The second-order valence-electron chi connectivity index (χ2n) is 4.08. The van der Waals surface area contributed by atoms with Crippen molar-refractivity contribution in [3.63, 3.8) is 0 Å². The molecule has 0 bridgehead atoms. The van der Waals surface area contributed by atoms with Crippen LogP contribution in [0.4, 0.5) is 0 Å². The van der Waals surface area contributed by atoms with Gasteiger partial charge in [-0.3, -0.25) is 14.2 Å². The third kappa shape index (κ3) is 2.24. The molecule has 1 aliphatic rings. The van der Waals surface area contributed by atoms with Gasteiger partial charge in [0.2, 0.25) is 0 Å². The average molecular weight is 271 g/mol. The van der Waals surface area contributed by atoms with Crippen molar-refractivity contribution >= 4 is 5.91 Å². The van der Waals surface area contributed by atoms with Gasteiger partial charge < -0.3 is 25.8 Å². The molecule has 1 amide bonds. The van der Waals surface area contributed by atoms with Gasteiger partial charge in [-0.05, 0) is 0 Å². The maximum Gasteiger partial charge on any atom is 0.284 e. The second kappa shape index (κ2) is 5.05. The Bertz CT molecular complexity index is 544. The van der Waals surface area contributed by atoms with Crippen LogP contribution < -0.4 is 11.3 Å². The van der Waals surface area contributed by atoms with E-state index in [9.17, 15) is 19.8 Å². The number of nitrogens with two attached hydrogens (primary N) is 1. The molecule has 104 valence electrons. The van der Waals surface area contributed by atoms with E-state index in [2.05, 4.69) is 4.98 Å². The number of carbonyl (C=O) groups excluding carboxylic acids is 1. The summed E-state index contributed by atoms with van der Waals surface area (Å²) >= 11 is 0. The van der Waals surface area contributed by atoms with Crippen LogP contribution in [0.5, 0.6) is 0 Å². The van der Waals surface area contributed by atoms with E-state index in [-0.39, 0.29) is 0 Å². The number of primary amides is 1. The summed E-state index contributed by atoms with van der Waals surface area (Å²) in [5, 5.41) is 28.3. The van der Waals surface area contributed by atoms with Crippen LogP contribution in [0.3, 0.4) is 0 Å². The zero-order valence-corrected chi connectivity index (χ0v) is 9.71. The van der Waals surface area contributed by atoms with Gasteiger partial charge in [-0.15, -0.1) is 0 Å². The topological polar surface area (TPSA) is 148 Å². The molecule has 0 radical (unpaired) electrons. The van der Waals surface area contributed by atoms with Gasteiger partial charge in [-0.1, -0.05) is 0 Å². The van der Waals surface area contributed by atoms with E-state index >= 15 is 0 Å².